The van der Waals surface area contributed by atoms with E-state index in [2.05, 4.69) is 10.6 Å². The minimum Gasteiger partial charge on any atom is -0.352 e. The molecule has 0 unspecified atom stereocenters. The molecule has 0 fully saturated rings. The number of aryl methyl sites for hydroxylation is 1. The zero-order chi connectivity index (χ0) is 17.7. The molecule has 1 atom stereocenters. The number of hydrogen-bond acceptors (Lipinski definition) is 2. The van der Waals surface area contributed by atoms with E-state index in [1.54, 1.807) is 37.3 Å². The number of urea groups is 1. The van der Waals surface area contributed by atoms with Crippen LogP contribution in [0.2, 0.25) is 5.02 Å². The van der Waals surface area contributed by atoms with Crippen molar-refractivity contribution >= 4 is 29.2 Å². The standard InChI is InChI=1S/C17H17ClFN3O2/c1-10-6-7-11(19)8-14(10)21-16(23)9-15(22-17(20)24)12-4-2-3-5-13(12)18/h2-8,15H,9H2,1H3,(H,21,23)(H3,20,22,24)/t15-/m1/s1. The van der Waals surface area contributed by atoms with Crippen LogP contribution in [0.1, 0.15) is 23.6 Å². The molecule has 2 rings (SSSR count). The molecule has 0 bridgehead atoms. The molecule has 0 radical (unpaired) electrons. The fourth-order valence-corrected chi connectivity index (χ4v) is 2.55. The highest BCUT2D eigenvalue weighted by Gasteiger charge is 2.20. The molecule has 0 aliphatic rings. The summed E-state index contributed by atoms with van der Waals surface area (Å²) in [6.07, 6.45) is -0.0946. The van der Waals surface area contributed by atoms with Gasteiger partial charge in [0.15, 0.2) is 0 Å². The van der Waals surface area contributed by atoms with Gasteiger partial charge in [-0.2, -0.15) is 0 Å². The summed E-state index contributed by atoms with van der Waals surface area (Å²) in [5, 5.41) is 5.54. The van der Waals surface area contributed by atoms with Gasteiger partial charge in [-0.1, -0.05) is 35.9 Å². The van der Waals surface area contributed by atoms with Crippen LogP contribution in [0.3, 0.4) is 0 Å². The van der Waals surface area contributed by atoms with Crippen molar-refractivity contribution in [1.29, 1.82) is 0 Å². The predicted molar refractivity (Wildman–Crippen MR) is 91.3 cm³/mol. The first-order valence-corrected chi connectivity index (χ1v) is 7.61. The maximum absolute atomic E-state index is 13.3. The molecule has 126 valence electrons. The summed E-state index contributed by atoms with van der Waals surface area (Å²) in [6.45, 7) is 1.75. The van der Waals surface area contributed by atoms with Crippen LogP contribution in [0, 0.1) is 12.7 Å². The van der Waals surface area contributed by atoms with Gasteiger partial charge in [-0.25, -0.2) is 9.18 Å². The van der Waals surface area contributed by atoms with Crippen molar-refractivity contribution in [2.45, 2.75) is 19.4 Å². The van der Waals surface area contributed by atoms with Gasteiger partial charge < -0.3 is 16.4 Å². The predicted octanol–water partition coefficient (Wildman–Crippen LogP) is 3.53. The highest BCUT2D eigenvalue weighted by Crippen LogP contribution is 2.26. The Morgan fingerprint density at radius 3 is 2.62 bits per heavy atom. The van der Waals surface area contributed by atoms with Gasteiger partial charge in [0.2, 0.25) is 5.91 Å². The lowest BCUT2D eigenvalue weighted by Gasteiger charge is -2.19. The zero-order valence-electron chi connectivity index (χ0n) is 13.0. The normalized spacial score (nSPS) is 11.6. The lowest BCUT2D eigenvalue weighted by molar-refractivity contribution is -0.116. The minimum absolute atomic E-state index is 0.0946. The Morgan fingerprint density at radius 2 is 1.96 bits per heavy atom. The first-order valence-electron chi connectivity index (χ1n) is 7.23. The number of rotatable bonds is 5. The third-order valence-electron chi connectivity index (χ3n) is 3.46. The number of carbonyl (C=O) groups is 2. The molecule has 0 aliphatic heterocycles. The molecule has 5 nitrogen and oxygen atoms in total. The molecule has 2 aromatic carbocycles. The van der Waals surface area contributed by atoms with Crippen molar-refractivity contribution in [3.05, 3.63) is 64.4 Å². The Balaban J connectivity index is 2.17. The van der Waals surface area contributed by atoms with Crippen LogP contribution in [0.5, 0.6) is 0 Å². The van der Waals surface area contributed by atoms with Gasteiger partial charge in [0, 0.05) is 10.7 Å². The molecule has 0 heterocycles. The fourth-order valence-electron chi connectivity index (χ4n) is 2.28. The van der Waals surface area contributed by atoms with E-state index in [4.69, 9.17) is 17.3 Å². The molecule has 2 aromatic rings. The van der Waals surface area contributed by atoms with Gasteiger partial charge in [0.1, 0.15) is 5.82 Å². The average molecular weight is 350 g/mol. The smallest absolute Gasteiger partial charge is 0.312 e. The molecule has 4 N–H and O–H groups in total. The number of primary amides is 1. The lowest BCUT2D eigenvalue weighted by atomic mass is 10.0. The molecule has 24 heavy (non-hydrogen) atoms. The number of benzene rings is 2. The summed E-state index contributed by atoms with van der Waals surface area (Å²) >= 11 is 6.12. The van der Waals surface area contributed by atoms with Gasteiger partial charge in [-0.15, -0.1) is 0 Å². The number of carbonyl (C=O) groups excluding carboxylic acids is 2. The van der Waals surface area contributed by atoms with Gasteiger partial charge in [-0.3, -0.25) is 4.79 Å². The van der Waals surface area contributed by atoms with Crippen LogP contribution in [0.25, 0.3) is 0 Å². The Hall–Kier alpha value is -2.60. The largest absolute Gasteiger partial charge is 0.352 e. The molecule has 0 saturated heterocycles. The van der Waals surface area contributed by atoms with E-state index in [1.165, 1.54) is 12.1 Å². The second kappa shape index (κ2) is 7.79. The summed E-state index contributed by atoms with van der Waals surface area (Å²) in [4.78, 5) is 23.5. The molecule has 3 amide bonds. The number of hydrogen-bond donors (Lipinski definition) is 3. The van der Waals surface area contributed by atoms with Gasteiger partial charge in [0.05, 0.1) is 12.5 Å². The fraction of sp³-hybridized carbons (Fsp3) is 0.176. The third kappa shape index (κ3) is 4.70. The van der Waals surface area contributed by atoms with Crippen LogP contribution < -0.4 is 16.4 Å². The first-order chi connectivity index (χ1) is 11.4. The Morgan fingerprint density at radius 1 is 1.25 bits per heavy atom. The Bertz CT molecular complexity index is 767. The van der Waals surface area contributed by atoms with Gasteiger partial charge in [-0.05, 0) is 36.2 Å². The van der Waals surface area contributed by atoms with Crippen molar-refractivity contribution in [2.75, 3.05) is 5.32 Å². The Labute approximate surface area is 144 Å². The maximum Gasteiger partial charge on any atom is 0.312 e. The SMILES string of the molecule is Cc1ccc(F)cc1NC(=O)C[C@@H](NC(N)=O)c1ccccc1Cl. The van der Waals surface area contributed by atoms with E-state index in [0.29, 0.717) is 16.3 Å². The van der Waals surface area contributed by atoms with E-state index in [0.717, 1.165) is 5.56 Å². The number of amides is 3. The zero-order valence-corrected chi connectivity index (χ0v) is 13.7. The highest BCUT2D eigenvalue weighted by molar-refractivity contribution is 6.31. The number of nitrogens with one attached hydrogen (secondary N) is 2. The van der Waals surface area contributed by atoms with E-state index < -0.39 is 23.8 Å². The van der Waals surface area contributed by atoms with Crippen LogP contribution in [-0.2, 0) is 4.79 Å². The van der Waals surface area contributed by atoms with Crippen molar-refractivity contribution in [3.63, 3.8) is 0 Å². The first kappa shape index (κ1) is 17.7. The molecule has 0 aliphatic carbocycles. The van der Waals surface area contributed by atoms with Crippen molar-refractivity contribution in [3.8, 4) is 0 Å². The van der Waals surface area contributed by atoms with E-state index >= 15 is 0 Å². The molecule has 0 aromatic heterocycles. The summed E-state index contributed by atoms with van der Waals surface area (Å²) in [5.74, 6) is -0.851. The number of halogens is 2. The van der Waals surface area contributed by atoms with E-state index in [-0.39, 0.29) is 6.42 Å². The molecule has 0 saturated carbocycles. The van der Waals surface area contributed by atoms with Crippen molar-refractivity contribution < 1.29 is 14.0 Å². The number of anilines is 1. The topological polar surface area (TPSA) is 84.2 Å². The molecular formula is C17H17ClFN3O2. The van der Waals surface area contributed by atoms with Gasteiger partial charge in [0.25, 0.3) is 0 Å². The van der Waals surface area contributed by atoms with E-state index in [9.17, 15) is 14.0 Å². The number of nitrogens with two attached hydrogens (primary N) is 1. The molecule has 7 heteroatoms. The minimum atomic E-state index is -0.769. The monoisotopic (exact) mass is 349 g/mol. The lowest BCUT2D eigenvalue weighted by Crippen LogP contribution is -2.35. The summed E-state index contributed by atoms with van der Waals surface area (Å²) in [5.41, 5.74) is 6.85. The second-order valence-electron chi connectivity index (χ2n) is 5.29. The average Bonchev–Trinajstić information content (AvgIpc) is 2.50. The second-order valence-corrected chi connectivity index (χ2v) is 5.70. The Kier molecular flexibility index (Phi) is 5.76. The summed E-state index contributed by atoms with van der Waals surface area (Å²) < 4.78 is 13.3. The third-order valence-corrected chi connectivity index (χ3v) is 3.80. The summed E-state index contributed by atoms with van der Waals surface area (Å²) in [7, 11) is 0. The van der Waals surface area contributed by atoms with Crippen LogP contribution >= 0.6 is 11.6 Å². The molecule has 0 spiro atoms. The van der Waals surface area contributed by atoms with E-state index in [1.807, 2.05) is 0 Å². The van der Waals surface area contributed by atoms with Crippen LogP contribution in [0.4, 0.5) is 14.9 Å². The van der Waals surface area contributed by atoms with Gasteiger partial charge >= 0.3 is 6.03 Å². The maximum atomic E-state index is 13.3. The van der Waals surface area contributed by atoms with Crippen LogP contribution in [-0.4, -0.2) is 11.9 Å². The molecular weight excluding hydrogens is 333 g/mol. The van der Waals surface area contributed by atoms with Crippen molar-refractivity contribution in [1.82, 2.24) is 5.32 Å². The summed E-state index contributed by atoms with van der Waals surface area (Å²) in [6, 6.07) is 9.49. The highest BCUT2D eigenvalue weighted by atomic mass is 35.5. The quantitative estimate of drug-likeness (QED) is 0.771. The van der Waals surface area contributed by atoms with Crippen molar-refractivity contribution in [2.24, 2.45) is 5.73 Å². The van der Waals surface area contributed by atoms with Crippen LogP contribution in [0.15, 0.2) is 42.5 Å².